The molecule has 0 amide bonds. The van der Waals surface area contributed by atoms with Gasteiger partial charge in [-0.1, -0.05) is 12.1 Å². The molecule has 1 aliphatic rings. The van der Waals surface area contributed by atoms with Crippen LogP contribution in [-0.2, 0) is 0 Å². The van der Waals surface area contributed by atoms with Crippen LogP contribution in [0.1, 0.15) is 27.6 Å². The number of nitro groups is 1. The Kier molecular flexibility index (Phi) is 2.63. The van der Waals surface area contributed by atoms with Gasteiger partial charge < -0.3 is 4.74 Å². The van der Waals surface area contributed by atoms with E-state index in [1.54, 1.807) is 6.92 Å². The molecular weight excluding hydrogens is 226 g/mol. The molecule has 2 rings (SSSR count). The van der Waals surface area contributed by atoms with Gasteiger partial charge in [0, 0.05) is 10.5 Å². The van der Waals surface area contributed by atoms with Crippen molar-refractivity contribution < 1.29 is 19.2 Å². The zero-order valence-corrected chi connectivity index (χ0v) is 9.00. The molecule has 1 atom stereocenters. The number of benzene rings is 1. The number of carbonyl (C=O) groups excluding carboxylic acids is 2. The van der Waals surface area contributed by atoms with E-state index in [9.17, 15) is 19.7 Å². The number of hydrogen-bond acceptors (Lipinski definition) is 5. The standard InChI is InChI=1S/C11H9NO5/c1-2-17-7-5-3-4-6-8(7)11(14)9(10(6)13)12(15)16/h3-5,9H,2H2,1H3. The van der Waals surface area contributed by atoms with Gasteiger partial charge in [0.25, 0.3) is 0 Å². The minimum absolute atomic E-state index is 0.0288. The van der Waals surface area contributed by atoms with Crippen LogP contribution in [0.2, 0.25) is 0 Å². The van der Waals surface area contributed by atoms with Crippen LogP contribution < -0.4 is 4.74 Å². The first-order chi connectivity index (χ1) is 8.07. The Bertz CT molecular complexity index is 523. The monoisotopic (exact) mass is 235 g/mol. The molecule has 0 aliphatic heterocycles. The first-order valence-corrected chi connectivity index (χ1v) is 5.05. The number of ether oxygens (including phenoxy) is 1. The van der Waals surface area contributed by atoms with Crippen molar-refractivity contribution in [1.82, 2.24) is 0 Å². The van der Waals surface area contributed by atoms with Crippen molar-refractivity contribution in [2.75, 3.05) is 6.61 Å². The van der Waals surface area contributed by atoms with Crippen LogP contribution in [-0.4, -0.2) is 29.1 Å². The fourth-order valence-electron chi connectivity index (χ4n) is 1.86. The van der Waals surface area contributed by atoms with Crippen LogP contribution in [0.5, 0.6) is 5.75 Å². The zero-order chi connectivity index (χ0) is 12.6. The summed E-state index contributed by atoms with van der Waals surface area (Å²) in [5, 5.41) is 10.7. The van der Waals surface area contributed by atoms with Crippen molar-refractivity contribution in [3.05, 3.63) is 39.4 Å². The molecule has 0 spiro atoms. The van der Waals surface area contributed by atoms with Crippen molar-refractivity contribution in [3.63, 3.8) is 0 Å². The number of nitrogens with zero attached hydrogens (tertiary/aromatic N) is 1. The highest BCUT2D eigenvalue weighted by atomic mass is 16.6. The molecule has 1 aromatic carbocycles. The molecule has 88 valence electrons. The largest absolute Gasteiger partial charge is 0.493 e. The molecule has 6 heteroatoms. The van der Waals surface area contributed by atoms with Gasteiger partial charge in [-0.2, -0.15) is 0 Å². The van der Waals surface area contributed by atoms with Gasteiger partial charge in [0.1, 0.15) is 5.75 Å². The van der Waals surface area contributed by atoms with Gasteiger partial charge in [-0.25, -0.2) is 0 Å². The van der Waals surface area contributed by atoms with Gasteiger partial charge in [-0.05, 0) is 13.0 Å². The summed E-state index contributed by atoms with van der Waals surface area (Å²) in [4.78, 5) is 33.3. The normalized spacial score (nSPS) is 18.1. The van der Waals surface area contributed by atoms with E-state index in [0.717, 1.165) is 0 Å². The Hall–Kier alpha value is -2.24. The van der Waals surface area contributed by atoms with E-state index >= 15 is 0 Å². The molecule has 0 aromatic heterocycles. The van der Waals surface area contributed by atoms with Crippen molar-refractivity contribution in [1.29, 1.82) is 0 Å². The Morgan fingerprint density at radius 3 is 2.65 bits per heavy atom. The lowest BCUT2D eigenvalue weighted by Gasteiger charge is -2.05. The van der Waals surface area contributed by atoms with E-state index in [-0.39, 0.29) is 16.9 Å². The molecule has 0 bridgehead atoms. The summed E-state index contributed by atoms with van der Waals surface area (Å²) in [7, 11) is 0. The summed E-state index contributed by atoms with van der Waals surface area (Å²) in [5.74, 6) is -1.33. The Morgan fingerprint density at radius 1 is 1.35 bits per heavy atom. The maximum atomic E-state index is 11.8. The molecule has 0 radical (unpaired) electrons. The van der Waals surface area contributed by atoms with Crippen LogP contribution in [0, 0.1) is 10.1 Å². The average molecular weight is 235 g/mol. The maximum absolute atomic E-state index is 11.8. The predicted molar refractivity (Wildman–Crippen MR) is 57.1 cm³/mol. The highest BCUT2D eigenvalue weighted by Crippen LogP contribution is 2.31. The van der Waals surface area contributed by atoms with Crippen molar-refractivity contribution in [2.24, 2.45) is 0 Å². The maximum Gasteiger partial charge on any atom is 0.336 e. The molecule has 6 nitrogen and oxygen atoms in total. The molecule has 0 fully saturated rings. The van der Waals surface area contributed by atoms with E-state index < -0.39 is 22.5 Å². The van der Waals surface area contributed by atoms with E-state index in [1.807, 2.05) is 0 Å². The average Bonchev–Trinajstić information content (AvgIpc) is 2.53. The van der Waals surface area contributed by atoms with Crippen molar-refractivity contribution >= 4 is 11.6 Å². The predicted octanol–water partition coefficient (Wildman–Crippen LogP) is 1.11. The third kappa shape index (κ3) is 1.57. The molecule has 0 saturated carbocycles. The molecule has 0 saturated heterocycles. The lowest BCUT2D eigenvalue weighted by Crippen LogP contribution is -2.31. The summed E-state index contributed by atoms with van der Waals surface area (Å²) >= 11 is 0. The van der Waals surface area contributed by atoms with Gasteiger partial charge in [0.2, 0.25) is 11.6 Å². The molecule has 1 aliphatic carbocycles. The first-order valence-electron chi connectivity index (χ1n) is 5.05. The number of ketones is 2. The third-order valence-electron chi connectivity index (χ3n) is 2.55. The number of rotatable bonds is 3. The Balaban J connectivity index is 2.57. The first kappa shape index (κ1) is 11.3. The second kappa shape index (κ2) is 3.97. The third-order valence-corrected chi connectivity index (χ3v) is 2.55. The fraction of sp³-hybridized carbons (Fsp3) is 0.273. The van der Waals surface area contributed by atoms with Crippen LogP contribution in [0.25, 0.3) is 0 Å². The molecule has 0 N–H and O–H groups in total. The van der Waals surface area contributed by atoms with Gasteiger partial charge in [-0.3, -0.25) is 19.7 Å². The fourth-order valence-corrected chi connectivity index (χ4v) is 1.86. The Labute approximate surface area is 96.3 Å². The summed E-state index contributed by atoms with van der Waals surface area (Å²) < 4.78 is 5.20. The van der Waals surface area contributed by atoms with Gasteiger partial charge in [0.15, 0.2) is 0 Å². The van der Waals surface area contributed by atoms with Crippen LogP contribution in [0.4, 0.5) is 0 Å². The highest BCUT2D eigenvalue weighted by molar-refractivity contribution is 6.29. The summed E-state index contributed by atoms with van der Waals surface area (Å²) in [6.07, 6.45) is 0. The minimum atomic E-state index is -1.81. The summed E-state index contributed by atoms with van der Waals surface area (Å²) in [6, 6.07) is 2.65. The van der Waals surface area contributed by atoms with E-state index in [1.165, 1.54) is 18.2 Å². The summed E-state index contributed by atoms with van der Waals surface area (Å²) in [5.41, 5.74) is 0.101. The molecule has 1 unspecified atom stereocenters. The van der Waals surface area contributed by atoms with Gasteiger partial charge in [0.05, 0.1) is 12.2 Å². The number of fused-ring (bicyclic) bond motifs is 1. The van der Waals surface area contributed by atoms with Crippen LogP contribution >= 0.6 is 0 Å². The quantitative estimate of drug-likeness (QED) is 0.445. The lowest BCUT2D eigenvalue weighted by molar-refractivity contribution is -0.488. The van der Waals surface area contributed by atoms with Crippen LogP contribution in [0.15, 0.2) is 18.2 Å². The number of carbonyl (C=O) groups is 2. The molecular formula is C11H9NO5. The van der Waals surface area contributed by atoms with Crippen LogP contribution in [0.3, 0.4) is 0 Å². The SMILES string of the molecule is CCOc1cccc2c1C(=O)C([N+](=O)[O-])C2=O. The van der Waals surface area contributed by atoms with Crippen molar-refractivity contribution in [2.45, 2.75) is 13.0 Å². The van der Waals surface area contributed by atoms with E-state index in [0.29, 0.717) is 6.61 Å². The van der Waals surface area contributed by atoms with Crippen molar-refractivity contribution in [3.8, 4) is 5.75 Å². The zero-order valence-electron chi connectivity index (χ0n) is 9.00. The molecule has 0 heterocycles. The van der Waals surface area contributed by atoms with Gasteiger partial charge >= 0.3 is 6.04 Å². The molecule has 17 heavy (non-hydrogen) atoms. The topological polar surface area (TPSA) is 86.5 Å². The van der Waals surface area contributed by atoms with E-state index in [4.69, 9.17) is 4.74 Å². The minimum Gasteiger partial charge on any atom is -0.493 e. The van der Waals surface area contributed by atoms with E-state index in [2.05, 4.69) is 0 Å². The highest BCUT2D eigenvalue weighted by Gasteiger charge is 2.49. The smallest absolute Gasteiger partial charge is 0.336 e. The number of hydrogen-bond donors (Lipinski definition) is 0. The molecule has 1 aromatic rings. The van der Waals surface area contributed by atoms with Gasteiger partial charge in [-0.15, -0.1) is 0 Å². The lowest BCUT2D eigenvalue weighted by atomic mass is 10.1. The second-order valence-corrected chi connectivity index (χ2v) is 3.53. The second-order valence-electron chi connectivity index (χ2n) is 3.53. The number of Topliss-reactive ketones (excluding diaryl/α,β-unsaturated/α-hetero) is 2. The Morgan fingerprint density at radius 2 is 2.06 bits per heavy atom. The summed E-state index contributed by atoms with van der Waals surface area (Å²) in [6.45, 7) is 2.05.